The molecule has 2 amide bonds. The third-order valence-corrected chi connectivity index (χ3v) is 4.46. The van der Waals surface area contributed by atoms with Gasteiger partial charge in [0.25, 0.3) is 0 Å². The number of hydrogen-bond acceptors (Lipinski definition) is 4. The van der Waals surface area contributed by atoms with Gasteiger partial charge in [-0.25, -0.2) is 0 Å². The highest BCUT2D eigenvalue weighted by Crippen LogP contribution is 2.11. The molecule has 150 valence electrons. The van der Waals surface area contributed by atoms with Crippen molar-refractivity contribution >= 4 is 23.4 Å². The molecule has 0 saturated heterocycles. The van der Waals surface area contributed by atoms with Crippen molar-refractivity contribution in [2.45, 2.75) is 73.3 Å². The van der Waals surface area contributed by atoms with E-state index in [9.17, 15) is 19.2 Å². The molecule has 26 heavy (non-hydrogen) atoms. The molecule has 6 heteroatoms. The monoisotopic (exact) mass is 368 g/mol. The van der Waals surface area contributed by atoms with E-state index in [1.165, 1.54) is 6.92 Å². The van der Waals surface area contributed by atoms with Gasteiger partial charge < -0.3 is 15.0 Å². The first-order valence-electron chi connectivity index (χ1n) is 9.53. The predicted octanol–water partition coefficient (Wildman–Crippen LogP) is 2.60. The van der Waals surface area contributed by atoms with Gasteiger partial charge in [0.1, 0.15) is 5.78 Å². The topological polar surface area (TPSA) is 83.5 Å². The van der Waals surface area contributed by atoms with Crippen molar-refractivity contribution < 1.29 is 19.2 Å². The minimum atomic E-state index is -0.668. The normalized spacial score (nSPS) is 14.5. The van der Waals surface area contributed by atoms with Crippen LogP contribution in [-0.2, 0) is 19.2 Å². The molecule has 0 fully saturated rings. The van der Waals surface area contributed by atoms with Crippen LogP contribution in [-0.4, -0.2) is 47.9 Å². The maximum atomic E-state index is 12.4. The van der Waals surface area contributed by atoms with Gasteiger partial charge in [-0.1, -0.05) is 27.7 Å². The van der Waals surface area contributed by atoms with Crippen molar-refractivity contribution in [3.05, 3.63) is 0 Å². The molecule has 0 saturated carbocycles. The van der Waals surface area contributed by atoms with Crippen LogP contribution in [0, 0.1) is 17.8 Å². The van der Waals surface area contributed by atoms with Crippen LogP contribution < -0.4 is 5.32 Å². The van der Waals surface area contributed by atoms with Crippen LogP contribution in [0.2, 0.25) is 0 Å². The van der Waals surface area contributed by atoms with E-state index in [4.69, 9.17) is 0 Å². The Labute approximate surface area is 158 Å². The van der Waals surface area contributed by atoms with Gasteiger partial charge in [0, 0.05) is 38.3 Å². The van der Waals surface area contributed by atoms with Gasteiger partial charge in [-0.3, -0.25) is 14.4 Å². The molecule has 3 atom stereocenters. The van der Waals surface area contributed by atoms with Crippen LogP contribution in [0.3, 0.4) is 0 Å². The molecular formula is C20H36N2O4. The van der Waals surface area contributed by atoms with Crippen LogP contribution in [0.5, 0.6) is 0 Å². The van der Waals surface area contributed by atoms with E-state index in [2.05, 4.69) is 19.2 Å². The Kier molecular flexibility index (Phi) is 11.0. The fourth-order valence-electron chi connectivity index (χ4n) is 2.75. The molecule has 6 nitrogen and oxygen atoms in total. The van der Waals surface area contributed by atoms with Crippen LogP contribution in [0.1, 0.15) is 67.2 Å². The summed E-state index contributed by atoms with van der Waals surface area (Å²) in [5.74, 6) is -0.880. The first-order valence-corrected chi connectivity index (χ1v) is 9.53. The van der Waals surface area contributed by atoms with Crippen molar-refractivity contribution in [1.29, 1.82) is 0 Å². The van der Waals surface area contributed by atoms with Gasteiger partial charge in [-0.15, -0.1) is 0 Å². The molecule has 3 unspecified atom stereocenters. The van der Waals surface area contributed by atoms with Gasteiger partial charge in [0.15, 0.2) is 5.78 Å². The molecule has 0 bridgehead atoms. The molecular weight excluding hydrogens is 332 g/mol. The smallest absolute Gasteiger partial charge is 0.225 e. The van der Waals surface area contributed by atoms with E-state index >= 15 is 0 Å². The Morgan fingerprint density at radius 1 is 0.923 bits per heavy atom. The lowest BCUT2D eigenvalue weighted by atomic mass is 9.98. The van der Waals surface area contributed by atoms with Crippen molar-refractivity contribution in [3.8, 4) is 0 Å². The standard InChI is InChI=1S/C20H36N2O4/c1-13(2)9-8-10-22(7)20(26)15(4)12-18(24)17(6)21-19(25)14(3)11-16(5)23/h13-15,17H,8-12H2,1-7H3,(H,21,25). The maximum Gasteiger partial charge on any atom is 0.225 e. The fraction of sp³-hybridized carbons (Fsp3) is 0.800. The Hall–Kier alpha value is -1.72. The number of hydrogen-bond donors (Lipinski definition) is 1. The average molecular weight is 369 g/mol. The van der Waals surface area contributed by atoms with Crippen LogP contribution in [0.15, 0.2) is 0 Å². The van der Waals surface area contributed by atoms with Crippen molar-refractivity contribution in [3.63, 3.8) is 0 Å². The van der Waals surface area contributed by atoms with E-state index in [1.54, 1.807) is 32.7 Å². The second-order valence-corrected chi connectivity index (χ2v) is 7.90. The van der Waals surface area contributed by atoms with E-state index < -0.39 is 17.9 Å². The summed E-state index contributed by atoms with van der Waals surface area (Å²) >= 11 is 0. The quantitative estimate of drug-likeness (QED) is 0.574. The zero-order valence-electron chi connectivity index (χ0n) is 17.4. The lowest BCUT2D eigenvalue weighted by Gasteiger charge is -2.23. The first kappa shape index (κ1) is 24.3. The van der Waals surface area contributed by atoms with E-state index in [0.717, 1.165) is 12.8 Å². The van der Waals surface area contributed by atoms with Crippen molar-refractivity contribution in [1.82, 2.24) is 10.2 Å². The van der Waals surface area contributed by atoms with Gasteiger partial charge in [0.05, 0.1) is 6.04 Å². The summed E-state index contributed by atoms with van der Waals surface area (Å²) in [6.45, 7) is 11.4. The second-order valence-electron chi connectivity index (χ2n) is 7.90. The zero-order chi connectivity index (χ0) is 20.4. The fourth-order valence-corrected chi connectivity index (χ4v) is 2.75. The predicted molar refractivity (Wildman–Crippen MR) is 103 cm³/mol. The first-order chi connectivity index (χ1) is 12.0. The van der Waals surface area contributed by atoms with Gasteiger partial charge >= 0.3 is 0 Å². The summed E-state index contributed by atoms with van der Waals surface area (Å²) in [5.41, 5.74) is 0. The molecule has 0 rings (SSSR count). The van der Waals surface area contributed by atoms with Gasteiger partial charge in [0.2, 0.25) is 11.8 Å². The van der Waals surface area contributed by atoms with Gasteiger partial charge in [-0.05, 0) is 32.6 Å². The summed E-state index contributed by atoms with van der Waals surface area (Å²) < 4.78 is 0. The van der Waals surface area contributed by atoms with Crippen LogP contribution in [0.25, 0.3) is 0 Å². The van der Waals surface area contributed by atoms with Gasteiger partial charge in [-0.2, -0.15) is 0 Å². The molecule has 0 radical (unpaired) electrons. The maximum absolute atomic E-state index is 12.4. The Balaban J connectivity index is 4.43. The Bertz CT molecular complexity index is 502. The van der Waals surface area contributed by atoms with Crippen LogP contribution >= 0.6 is 0 Å². The van der Waals surface area contributed by atoms with Crippen molar-refractivity contribution in [2.75, 3.05) is 13.6 Å². The molecule has 0 aliphatic carbocycles. The minimum absolute atomic E-state index is 0.0504. The number of Topliss-reactive ketones (excluding diaryl/α,β-unsaturated/α-hetero) is 2. The lowest BCUT2D eigenvalue weighted by Crippen LogP contribution is -2.43. The largest absolute Gasteiger partial charge is 0.346 e. The number of nitrogens with zero attached hydrogens (tertiary/aromatic N) is 1. The molecule has 0 aliphatic heterocycles. The summed E-state index contributed by atoms with van der Waals surface area (Å²) in [7, 11) is 1.76. The zero-order valence-corrected chi connectivity index (χ0v) is 17.4. The highest BCUT2D eigenvalue weighted by Gasteiger charge is 2.25. The molecule has 0 aliphatic rings. The average Bonchev–Trinajstić information content (AvgIpc) is 2.52. The summed E-state index contributed by atoms with van der Waals surface area (Å²) in [6, 6.07) is -0.668. The number of carbonyl (C=O) groups excluding carboxylic acids is 4. The number of nitrogens with one attached hydrogen (secondary N) is 1. The molecule has 1 N–H and O–H groups in total. The van der Waals surface area contributed by atoms with E-state index in [-0.39, 0.29) is 36.2 Å². The third-order valence-electron chi connectivity index (χ3n) is 4.46. The third kappa shape index (κ3) is 9.68. The summed E-state index contributed by atoms with van der Waals surface area (Å²) in [4.78, 5) is 49.5. The van der Waals surface area contributed by atoms with Crippen molar-refractivity contribution in [2.24, 2.45) is 17.8 Å². The summed E-state index contributed by atoms with van der Waals surface area (Å²) in [6.07, 6.45) is 2.26. The minimum Gasteiger partial charge on any atom is -0.346 e. The highest BCUT2D eigenvalue weighted by molar-refractivity contribution is 5.93. The van der Waals surface area contributed by atoms with Crippen LogP contribution in [0.4, 0.5) is 0 Å². The van der Waals surface area contributed by atoms with E-state index in [0.29, 0.717) is 12.5 Å². The SMILES string of the molecule is CC(=O)CC(C)C(=O)NC(C)C(=O)CC(C)C(=O)N(C)CCCC(C)C. The second kappa shape index (κ2) is 11.8. The number of rotatable bonds is 12. The van der Waals surface area contributed by atoms with E-state index in [1.807, 2.05) is 0 Å². The highest BCUT2D eigenvalue weighted by atomic mass is 16.2. The molecule has 0 aromatic rings. The Morgan fingerprint density at radius 2 is 1.50 bits per heavy atom. The summed E-state index contributed by atoms with van der Waals surface area (Å²) in [5, 5.41) is 2.64. The molecule has 0 heterocycles. The number of carbonyl (C=O) groups is 4. The number of amides is 2. The lowest BCUT2D eigenvalue weighted by molar-refractivity contribution is -0.137. The number of ketones is 2. The molecule has 0 aromatic heterocycles. The Morgan fingerprint density at radius 3 is 2.00 bits per heavy atom. The molecule has 0 spiro atoms. The molecule has 0 aromatic carbocycles.